The normalized spacial score (nSPS) is 10.1. The van der Waals surface area contributed by atoms with E-state index in [1.165, 1.54) is 5.56 Å². The molecule has 0 aromatic heterocycles. The molecule has 0 aliphatic carbocycles. The molecule has 0 radical (unpaired) electrons. The molecule has 1 aromatic carbocycles. The van der Waals surface area contributed by atoms with Crippen molar-refractivity contribution in [2.75, 3.05) is 13.2 Å². The first kappa shape index (κ1) is 11.1. The Morgan fingerprint density at radius 1 is 1.07 bits per heavy atom. The Morgan fingerprint density at radius 3 is 2.36 bits per heavy atom. The average molecular weight is 194 g/mol. The van der Waals surface area contributed by atoms with Crippen LogP contribution in [-0.2, 0) is 11.3 Å². The van der Waals surface area contributed by atoms with Crippen molar-refractivity contribution in [3.63, 3.8) is 0 Å². The molecule has 0 N–H and O–H groups in total. The Hall–Kier alpha value is -1.02. The molecule has 2 heteroatoms. The van der Waals surface area contributed by atoms with Gasteiger partial charge in [0, 0.05) is 6.61 Å². The smallest absolute Gasteiger partial charge is 0.119 e. The second kappa shape index (κ2) is 6.44. The van der Waals surface area contributed by atoms with Crippen LogP contribution < -0.4 is 4.74 Å². The molecule has 0 saturated carbocycles. The number of ether oxygens (including phenoxy) is 2. The molecular weight excluding hydrogens is 176 g/mol. The van der Waals surface area contributed by atoms with Crippen LogP contribution in [0.2, 0.25) is 0 Å². The highest BCUT2D eigenvalue weighted by Crippen LogP contribution is 2.12. The Kier molecular flexibility index (Phi) is 5.08. The third kappa shape index (κ3) is 3.79. The summed E-state index contributed by atoms with van der Waals surface area (Å²) in [7, 11) is 0. The lowest BCUT2D eigenvalue weighted by molar-refractivity contribution is 0.121. The summed E-state index contributed by atoms with van der Waals surface area (Å²) in [5, 5.41) is 0. The highest BCUT2D eigenvalue weighted by atomic mass is 16.5. The Morgan fingerprint density at radius 2 is 1.79 bits per heavy atom. The van der Waals surface area contributed by atoms with Crippen molar-refractivity contribution < 1.29 is 9.47 Å². The van der Waals surface area contributed by atoms with Gasteiger partial charge in [0.05, 0.1) is 13.2 Å². The third-order valence-electron chi connectivity index (χ3n) is 1.85. The van der Waals surface area contributed by atoms with E-state index in [4.69, 9.17) is 9.47 Å². The topological polar surface area (TPSA) is 18.5 Å². The second-order valence-electron chi connectivity index (χ2n) is 3.13. The largest absolute Gasteiger partial charge is 0.494 e. The summed E-state index contributed by atoms with van der Waals surface area (Å²) in [4.78, 5) is 0. The first-order valence-electron chi connectivity index (χ1n) is 5.16. The van der Waals surface area contributed by atoms with Crippen LogP contribution >= 0.6 is 0 Å². The van der Waals surface area contributed by atoms with E-state index < -0.39 is 0 Å². The van der Waals surface area contributed by atoms with Gasteiger partial charge in [-0.25, -0.2) is 0 Å². The number of hydrogen-bond donors (Lipinski definition) is 0. The summed E-state index contributed by atoms with van der Waals surface area (Å²) in [6, 6.07) is 8.05. The van der Waals surface area contributed by atoms with Gasteiger partial charge in [-0.3, -0.25) is 0 Å². The second-order valence-corrected chi connectivity index (χ2v) is 3.13. The lowest BCUT2D eigenvalue weighted by Crippen LogP contribution is -1.95. The van der Waals surface area contributed by atoms with E-state index in [2.05, 4.69) is 6.92 Å². The molecule has 0 unspecified atom stereocenters. The highest BCUT2D eigenvalue weighted by molar-refractivity contribution is 5.26. The minimum atomic E-state index is 0.695. The number of rotatable bonds is 6. The minimum Gasteiger partial charge on any atom is -0.494 e. The van der Waals surface area contributed by atoms with Crippen LogP contribution in [0.15, 0.2) is 24.3 Å². The van der Waals surface area contributed by atoms with Crippen molar-refractivity contribution in [1.82, 2.24) is 0 Å². The summed E-state index contributed by atoms with van der Waals surface area (Å²) in [6.07, 6.45) is 1.07. The van der Waals surface area contributed by atoms with Gasteiger partial charge in [-0.1, -0.05) is 19.1 Å². The highest BCUT2D eigenvalue weighted by Gasteiger charge is 1.94. The fourth-order valence-corrected chi connectivity index (χ4v) is 1.18. The first-order chi connectivity index (χ1) is 6.86. The van der Waals surface area contributed by atoms with E-state index in [1.54, 1.807) is 0 Å². The van der Waals surface area contributed by atoms with Crippen molar-refractivity contribution in [3.05, 3.63) is 29.8 Å². The number of hydrogen-bond acceptors (Lipinski definition) is 2. The Balaban J connectivity index is 2.38. The Bertz CT molecular complexity index is 241. The van der Waals surface area contributed by atoms with Gasteiger partial charge in [-0.05, 0) is 31.0 Å². The molecular formula is C12H18O2. The summed E-state index contributed by atoms with van der Waals surface area (Å²) < 4.78 is 10.8. The van der Waals surface area contributed by atoms with E-state index >= 15 is 0 Å². The molecule has 0 aliphatic rings. The van der Waals surface area contributed by atoms with Gasteiger partial charge in [0.15, 0.2) is 0 Å². The van der Waals surface area contributed by atoms with Gasteiger partial charge in [-0.2, -0.15) is 0 Å². The maximum Gasteiger partial charge on any atom is 0.119 e. The van der Waals surface area contributed by atoms with Crippen LogP contribution in [0.5, 0.6) is 5.75 Å². The third-order valence-corrected chi connectivity index (χ3v) is 1.85. The molecule has 2 nitrogen and oxygen atoms in total. The summed E-state index contributed by atoms with van der Waals surface area (Å²) in [5.41, 5.74) is 1.20. The van der Waals surface area contributed by atoms with Crippen molar-refractivity contribution in [1.29, 1.82) is 0 Å². The molecule has 78 valence electrons. The molecule has 0 spiro atoms. The van der Waals surface area contributed by atoms with Crippen molar-refractivity contribution in [3.8, 4) is 5.75 Å². The van der Waals surface area contributed by atoms with Crippen LogP contribution in [-0.4, -0.2) is 13.2 Å². The molecule has 1 aromatic rings. The van der Waals surface area contributed by atoms with E-state index in [0.29, 0.717) is 13.2 Å². The van der Waals surface area contributed by atoms with E-state index in [1.807, 2.05) is 31.2 Å². The molecule has 1 rings (SSSR count). The van der Waals surface area contributed by atoms with Crippen LogP contribution in [0, 0.1) is 0 Å². The van der Waals surface area contributed by atoms with Crippen molar-refractivity contribution >= 4 is 0 Å². The van der Waals surface area contributed by atoms with Gasteiger partial charge in [-0.15, -0.1) is 0 Å². The predicted octanol–water partition coefficient (Wildman–Crippen LogP) is 3.01. The first-order valence-corrected chi connectivity index (χ1v) is 5.16. The standard InChI is InChI=1S/C12H18O2/c1-3-9-13-10-11-5-7-12(8-6-11)14-4-2/h5-8H,3-4,9-10H2,1-2H3. The summed E-state index contributed by atoms with van der Waals surface area (Å²) in [6.45, 7) is 6.33. The average Bonchev–Trinajstić information content (AvgIpc) is 2.21. The lowest BCUT2D eigenvalue weighted by atomic mass is 10.2. The van der Waals surface area contributed by atoms with E-state index in [9.17, 15) is 0 Å². The van der Waals surface area contributed by atoms with Crippen LogP contribution in [0.1, 0.15) is 25.8 Å². The van der Waals surface area contributed by atoms with E-state index in [0.717, 1.165) is 18.8 Å². The van der Waals surface area contributed by atoms with Crippen LogP contribution in [0.25, 0.3) is 0 Å². The maximum atomic E-state index is 5.43. The molecule has 0 saturated heterocycles. The lowest BCUT2D eigenvalue weighted by Gasteiger charge is -2.05. The quantitative estimate of drug-likeness (QED) is 0.648. The van der Waals surface area contributed by atoms with Gasteiger partial charge >= 0.3 is 0 Å². The molecule has 0 aliphatic heterocycles. The van der Waals surface area contributed by atoms with Crippen LogP contribution in [0.3, 0.4) is 0 Å². The zero-order valence-corrected chi connectivity index (χ0v) is 8.95. The van der Waals surface area contributed by atoms with Gasteiger partial charge in [0.1, 0.15) is 5.75 Å². The van der Waals surface area contributed by atoms with Crippen LogP contribution in [0.4, 0.5) is 0 Å². The molecule has 0 atom stereocenters. The maximum absolute atomic E-state index is 5.43. The molecule has 0 fully saturated rings. The fraction of sp³-hybridized carbons (Fsp3) is 0.500. The molecule has 0 heterocycles. The zero-order chi connectivity index (χ0) is 10.2. The van der Waals surface area contributed by atoms with E-state index in [-0.39, 0.29) is 0 Å². The summed E-state index contributed by atoms with van der Waals surface area (Å²) >= 11 is 0. The molecule has 14 heavy (non-hydrogen) atoms. The predicted molar refractivity (Wildman–Crippen MR) is 57.6 cm³/mol. The van der Waals surface area contributed by atoms with Crippen molar-refractivity contribution in [2.45, 2.75) is 26.9 Å². The van der Waals surface area contributed by atoms with Gasteiger partial charge in [0.2, 0.25) is 0 Å². The van der Waals surface area contributed by atoms with Gasteiger partial charge in [0.25, 0.3) is 0 Å². The monoisotopic (exact) mass is 194 g/mol. The molecule has 0 bridgehead atoms. The molecule has 0 amide bonds. The SMILES string of the molecule is CCCOCc1ccc(OCC)cc1. The Labute approximate surface area is 85.8 Å². The summed E-state index contributed by atoms with van der Waals surface area (Å²) in [5.74, 6) is 0.923. The van der Waals surface area contributed by atoms with Gasteiger partial charge < -0.3 is 9.47 Å². The minimum absolute atomic E-state index is 0.695. The fourth-order valence-electron chi connectivity index (χ4n) is 1.18. The zero-order valence-electron chi connectivity index (χ0n) is 8.95. The van der Waals surface area contributed by atoms with Crippen molar-refractivity contribution in [2.24, 2.45) is 0 Å². The number of benzene rings is 1.